The van der Waals surface area contributed by atoms with Crippen LogP contribution in [0.5, 0.6) is 0 Å². The SMILES string of the molecule is N/C(=N/O)c1cc(F)cc(CSc2ccccc2F)c1. The molecular formula is C14H12F2N2OS. The second-order valence-electron chi connectivity index (χ2n) is 4.05. The van der Waals surface area contributed by atoms with Gasteiger partial charge in [-0.25, -0.2) is 8.78 Å². The zero-order valence-electron chi connectivity index (χ0n) is 10.4. The first-order valence-corrected chi connectivity index (χ1v) is 6.73. The average molecular weight is 294 g/mol. The summed E-state index contributed by atoms with van der Waals surface area (Å²) in [6.45, 7) is 0. The van der Waals surface area contributed by atoms with E-state index < -0.39 is 5.82 Å². The van der Waals surface area contributed by atoms with Crippen molar-refractivity contribution in [3.8, 4) is 0 Å². The van der Waals surface area contributed by atoms with E-state index in [1.165, 1.54) is 30.0 Å². The molecule has 0 aliphatic carbocycles. The van der Waals surface area contributed by atoms with E-state index in [9.17, 15) is 8.78 Å². The molecule has 0 saturated carbocycles. The number of hydrogen-bond donors (Lipinski definition) is 2. The van der Waals surface area contributed by atoms with Crippen molar-refractivity contribution in [3.63, 3.8) is 0 Å². The van der Waals surface area contributed by atoms with Gasteiger partial charge in [0.25, 0.3) is 0 Å². The average Bonchev–Trinajstić information content (AvgIpc) is 2.45. The topological polar surface area (TPSA) is 58.6 Å². The van der Waals surface area contributed by atoms with Gasteiger partial charge in [-0.15, -0.1) is 11.8 Å². The number of amidine groups is 1. The Morgan fingerprint density at radius 1 is 1.20 bits per heavy atom. The van der Waals surface area contributed by atoms with Crippen LogP contribution in [0.1, 0.15) is 11.1 Å². The number of thioether (sulfide) groups is 1. The monoisotopic (exact) mass is 294 g/mol. The van der Waals surface area contributed by atoms with Crippen molar-refractivity contribution in [2.75, 3.05) is 0 Å². The van der Waals surface area contributed by atoms with Gasteiger partial charge in [-0.2, -0.15) is 0 Å². The Morgan fingerprint density at radius 3 is 2.65 bits per heavy atom. The molecule has 2 rings (SSSR count). The summed E-state index contributed by atoms with van der Waals surface area (Å²) >= 11 is 1.25. The molecule has 0 bridgehead atoms. The van der Waals surface area contributed by atoms with Crippen LogP contribution in [0, 0.1) is 11.6 Å². The van der Waals surface area contributed by atoms with Gasteiger partial charge in [0, 0.05) is 16.2 Å². The molecule has 0 aliphatic heterocycles. The third kappa shape index (κ3) is 3.48. The minimum atomic E-state index is -0.488. The van der Waals surface area contributed by atoms with Crippen LogP contribution in [-0.2, 0) is 5.75 Å². The molecule has 0 saturated heterocycles. The predicted molar refractivity (Wildman–Crippen MR) is 74.9 cm³/mol. The van der Waals surface area contributed by atoms with E-state index in [-0.39, 0.29) is 17.2 Å². The molecule has 0 amide bonds. The Labute approximate surface area is 119 Å². The maximum absolute atomic E-state index is 13.5. The Hall–Kier alpha value is -2.08. The number of nitrogens with zero attached hydrogens (tertiary/aromatic N) is 1. The molecule has 104 valence electrons. The largest absolute Gasteiger partial charge is 0.409 e. The summed E-state index contributed by atoms with van der Waals surface area (Å²) in [5.74, 6) is -0.588. The van der Waals surface area contributed by atoms with Gasteiger partial charge in [0.2, 0.25) is 0 Å². The highest BCUT2D eigenvalue weighted by atomic mass is 32.2. The van der Waals surface area contributed by atoms with Crippen LogP contribution in [0.2, 0.25) is 0 Å². The molecular weight excluding hydrogens is 282 g/mol. The first kappa shape index (κ1) is 14.3. The van der Waals surface area contributed by atoms with Crippen molar-refractivity contribution in [3.05, 3.63) is 65.2 Å². The van der Waals surface area contributed by atoms with Crippen molar-refractivity contribution in [2.45, 2.75) is 10.6 Å². The summed E-state index contributed by atoms with van der Waals surface area (Å²) in [4.78, 5) is 0.488. The van der Waals surface area contributed by atoms with Crippen LogP contribution in [0.15, 0.2) is 52.5 Å². The minimum absolute atomic E-state index is 0.165. The smallest absolute Gasteiger partial charge is 0.170 e. The van der Waals surface area contributed by atoms with Gasteiger partial charge in [-0.1, -0.05) is 17.3 Å². The molecule has 2 aromatic carbocycles. The lowest BCUT2D eigenvalue weighted by Crippen LogP contribution is -2.13. The van der Waals surface area contributed by atoms with Crippen LogP contribution < -0.4 is 5.73 Å². The highest BCUT2D eigenvalue weighted by molar-refractivity contribution is 7.98. The Balaban J connectivity index is 2.18. The maximum Gasteiger partial charge on any atom is 0.170 e. The lowest BCUT2D eigenvalue weighted by atomic mass is 10.1. The Morgan fingerprint density at radius 2 is 1.95 bits per heavy atom. The number of rotatable bonds is 4. The fraction of sp³-hybridized carbons (Fsp3) is 0.0714. The van der Waals surface area contributed by atoms with Gasteiger partial charge in [-0.3, -0.25) is 0 Å². The van der Waals surface area contributed by atoms with Crippen molar-refractivity contribution in [1.29, 1.82) is 0 Å². The number of halogens is 2. The minimum Gasteiger partial charge on any atom is -0.409 e. The predicted octanol–water partition coefficient (Wildman–Crippen LogP) is 3.35. The number of hydrogen-bond acceptors (Lipinski definition) is 3. The summed E-state index contributed by atoms with van der Waals surface area (Å²) in [5.41, 5.74) is 6.34. The van der Waals surface area contributed by atoms with E-state index in [2.05, 4.69) is 5.16 Å². The van der Waals surface area contributed by atoms with Crippen molar-refractivity contribution >= 4 is 17.6 Å². The molecule has 6 heteroatoms. The molecule has 0 heterocycles. The van der Waals surface area contributed by atoms with Crippen LogP contribution in [-0.4, -0.2) is 11.0 Å². The van der Waals surface area contributed by atoms with Gasteiger partial charge in [0.15, 0.2) is 5.84 Å². The van der Waals surface area contributed by atoms with E-state index in [0.29, 0.717) is 16.2 Å². The van der Waals surface area contributed by atoms with Crippen LogP contribution in [0.25, 0.3) is 0 Å². The third-order valence-electron chi connectivity index (χ3n) is 2.59. The van der Waals surface area contributed by atoms with Gasteiger partial charge in [-0.05, 0) is 35.9 Å². The number of oxime groups is 1. The summed E-state index contributed by atoms with van der Waals surface area (Å²) in [6, 6.07) is 10.5. The quantitative estimate of drug-likeness (QED) is 0.299. The molecule has 0 aliphatic rings. The molecule has 0 atom stereocenters. The summed E-state index contributed by atoms with van der Waals surface area (Å²) in [5, 5.41) is 11.4. The van der Waals surface area contributed by atoms with E-state index in [0.717, 1.165) is 0 Å². The second kappa shape index (κ2) is 6.38. The van der Waals surface area contributed by atoms with Gasteiger partial charge in [0.05, 0.1) is 0 Å². The lowest BCUT2D eigenvalue weighted by Gasteiger charge is -2.06. The van der Waals surface area contributed by atoms with Crippen molar-refractivity contribution in [2.24, 2.45) is 10.9 Å². The molecule has 0 aromatic heterocycles. The summed E-state index contributed by atoms with van der Waals surface area (Å²) in [6.07, 6.45) is 0. The molecule has 3 N–H and O–H groups in total. The third-order valence-corrected chi connectivity index (χ3v) is 3.71. The molecule has 20 heavy (non-hydrogen) atoms. The van der Waals surface area contributed by atoms with Crippen LogP contribution in [0.3, 0.4) is 0 Å². The Kier molecular flexibility index (Phi) is 4.57. The number of nitrogens with two attached hydrogens (primary N) is 1. The highest BCUT2D eigenvalue weighted by Crippen LogP contribution is 2.25. The first-order valence-electron chi connectivity index (χ1n) is 5.75. The molecule has 0 radical (unpaired) electrons. The normalized spacial score (nSPS) is 11.6. The van der Waals surface area contributed by atoms with E-state index in [4.69, 9.17) is 10.9 Å². The fourth-order valence-corrected chi connectivity index (χ4v) is 2.53. The summed E-state index contributed by atoms with van der Waals surface area (Å²) in [7, 11) is 0. The van der Waals surface area contributed by atoms with Crippen molar-refractivity contribution < 1.29 is 14.0 Å². The zero-order chi connectivity index (χ0) is 14.5. The first-order chi connectivity index (χ1) is 9.60. The maximum atomic E-state index is 13.5. The lowest BCUT2D eigenvalue weighted by molar-refractivity contribution is 0.318. The highest BCUT2D eigenvalue weighted by Gasteiger charge is 2.07. The van der Waals surface area contributed by atoms with Gasteiger partial charge in [0.1, 0.15) is 11.6 Å². The van der Waals surface area contributed by atoms with Crippen LogP contribution in [0.4, 0.5) is 8.78 Å². The Bertz CT molecular complexity index is 647. The molecule has 2 aromatic rings. The standard InChI is InChI=1S/C14H12F2N2OS/c15-11-6-9(5-10(7-11)14(17)18-19)8-20-13-4-2-1-3-12(13)16/h1-7,19H,8H2,(H2,17,18). The van der Waals surface area contributed by atoms with Crippen LogP contribution >= 0.6 is 11.8 Å². The molecule has 3 nitrogen and oxygen atoms in total. The van der Waals surface area contributed by atoms with Gasteiger partial charge >= 0.3 is 0 Å². The van der Waals surface area contributed by atoms with E-state index in [1.807, 2.05) is 0 Å². The number of benzene rings is 2. The molecule has 0 fully saturated rings. The zero-order valence-corrected chi connectivity index (χ0v) is 11.2. The van der Waals surface area contributed by atoms with Gasteiger partial charge < -0.3 is 10.9 Å². The summed E-state index contributed by atoms with van der Waals surface area (Å²) < 4.78 is 26.9. The molecule has 0 unspecified atom stereocenters. The van der Waals surface area contributed by atoms with Crippen molar-refractivity contribution in [1.82, 2.24) is 0 Å². The fourth-order valence-electron chi connectivity index (χ4n) is 1.66. The molecule has 0 spiro atoms. The second-order valence-corrected chi connectivity index (χ2v) is 5.07. The van der Waals surface area contributed by atoms with E-state index in [1.54, 1.807) is 24.3 Å². The van der Waals surface area contributed by atoms with E-state index >= 15 is 0 Å².